The quantitative estimate of drug-likeness (QED) is 0.556. The molecule has 5 atom stereocenters. The average Bonchev–Trinajstić information content (AvgIpc) is 3.60. The first-order chi connectivity index (χ1) is 17.5. The van der Waals surface area contributed by atoms with Crippen LogP contribution in [-0.4, -0.2) is 59.2 Å². The number of nitrogens with zero attached hydrogens (tertiary/aromatic N) is 1. The van der Waals surface area contributed by atoms with Crippen LogP contribution in [0.2, 0.25) is 0 Å². The minimum absolute atomic E-state index is 0.0861. The van der Waals surface area contributed by atoms with Gasteiger partial charge in [0.15, 0.2) is 0 Å². The van der Waals surface area contributed by atoms with Crippen LogP contribution in [0, 0.1) is 16.7 Å². The molecule has 37 heavy (non-hydrogen) atoms. The van der Waals surface area contributed by atoms with Crippen molar-refractivity contribution in [1.29, 1.82) is 0 Å². The van der Waals surface area contributed by atoms with Gasteiger partial charge in [-0.25, -0.2) is 9.59 Å². The monoisotopic (exact) mass is 509 g/mol. The smallest absolute Gasteiger partial charge is 0.408 e. The molecule has 8 heteroatoms. The Morgan fingerprint density at radius 2 is 1.95 bits per heavy atom. The number of ether oxygens (including phenoxy) is 2. The third kappa shape index (κ3) is 4.09. The molecule has 2 amide bonds. The SMILES string of the molecule is COC(=O)[C@@H]1CCCN1C(=O)[C@@](C)(Cc1c[nH]c2ccccc12)NC(=O)OC1CC2CCC1(C)C2(C)C. The van der Waals surface area contributed by atoms with E-state index in [4.69, 9.17) is 9.47 Å². The zero-order valence-electron chi connectivity index (χ0n) is 22.6. The molecule has 200 valence electrons. The van der Waals surface area contributed by atoms with Gasteiger partial charge < -0.3 is 24.7 Å². The Labute approximate surface area is 218 Å². The average molecular weight is 510 g/mol. The lowest BCUT2D eigenvalue weighted by Crippen LogP contribution is -2.61. The summed E-state index contributed by atoms with van der Waals surface area (Å²) in [5.74, 6) is -0.206. The third-order valence-corrected chi connectivity index (χ3v) is 10.0. The maximum absolute atomic E-state index is 14.1. The Kier molecular flexibility index (Phi) is 6.28. The molecular weight excluding hydrogens is 470 g/mol. The number of carbonyl (C=O) groups is 3. The molecule has 2 saturated carbocycles. The van der Waals surface area contributed by atoms with Gasteiger partial charge in [0.1, 0.15) is 17.7 Å². The normalized spacial score (nSPS) is 29.8. The van der Waals surface area contributed by atoms with Crippen LogP contribution in [0.5, 0.6) is 0 Å². The largest absolute Gasteiger partial charge is 0.467 e. The molecule has 1 saturated heterocycles. The summed E-state index contributed by atoms with van der Waals surface area (Å²) in [7, 11) is 1.33. The zero-order chi connectivity index (χ0) is 26.6. The minimum Gasteiger partial charge on any atom is -0.467 e. The van der Waals surface area contributed by atoms with Crippen LogP contribution in [0.15, 0.2) is 30.5 Å². The summed E-state index contributed by atoms with van der Waals surface area (Å²) in [5, 5.41) is 3.95. The van der Waals surface area contributed by atoms with Crippen molar-refractivity contribution < 1.29 is 23.9 Å². The van der Waals surface area contributed by atoms with Crippen molar-refractivity contribution in [2.45, 2.75) is 83.9 Å². The molecule has 0 radical (unpaired) electrons. The van der Waals surface area contributed by atoms with E-state index >= 15 is 0 Å². The lowest BCUT2D eigenvalue weighted by atomic mass is 9.70. The van der Waals surface area contributed by atoms with Crippen molar-refractivity contribution in [1.82, 2.24) is 15.2 Å². The molecule has 5 rings (SSSR count). The van der Waals surface area contributed by atoms with Gasteiger partial charge in [-0.1, -0.05) is 39.0 Å². The van der Waals surface area contributed by atoms with Crippen LogP contribution in [0.4, 0.5) is 4.79 Å². The first-order valence-corrected chi connectivity index (χ1v) is 13.4. The van der Waals surface area contributed by atoms with Gasteiger partial charge in [0.2, 0.25) is 5.91 Å². The first kappa shape index (κ1) is 25.6. The Hall–Kier alpha value is -3.03. The molecule has 1 aromatic heterocycles. The maximum atomic E-state index is 14.1. The Balaban J connectivity index is 1.41. The molecular formula is C29H39N3O5. The Bertz CT molecular complexity index is 1220. The highest BCUT2D eigenvalue weighted by Gasteiger charge is 2.63. The highest BCUT2D eigenvalue weighted by atomic mass is 16.6. The second-order valence-electron chi connectivity index (χ2n) is 12.2. The van der Waals surface area contributed by atoms with E-state index < -0.39 is 23.6 Å². The molecule has 2 N–H and O–H groups in total. The van der Waals surface area contributed by atoms with E-state index in [-0.39, 0.29) is 29.3 Å². The second kappa shape index (κ2) is 9.07. The highest BCUT2D eigenvalue weighted by molar-refractivity contribution is 5.94. The van der Waals surface area contributed by atoms with Gasteiger partial charge in [-0.15, -0.1) is 0 Å². The highest BCUT2D eigenvalue weighted by Crippen LogP contribution is 2.66. The van der Waals surface area contributed by atoms with Crippen LogP contribution >= 0.6 is 0 Å². The molecule has 2 aliphatic carbocycles. The number of fused-ring (bicyclic) bond motifs is 3. The zero-order valence-corrected chi connectivity index (χ0v) is 22.6. The van der Waals surface area contributed by atoms with Crippen LogP contribution in [0.1, 0.15) is 65.4 Å². The van der Waals surface area contributed by atoms with Gasteiger partial charge in [0, 0.05) is 35.5 Å². The number of methoxy groups -OCH3 is 1. The van der Waals surface area contributed by atoms with Gasteiger partial charge in [-0.2, -0.15) is 0 Å². The number of amides is 2. The number of benzene rings is 1. The summed E-state index contributed by atoms with van der Waals surface area (Å²) in [4.78, 5) is 44.7. The second-order valence-corrected chi connectivity index (χ2v) is 12.2. The topological polar surface area (TPSA) is 101 Å². The summed E-state index contributed by atoms with van der Waals surface area (Å²) < 4.78 is 11.0. The molecule has 1 aliphatic heterocycles. The van der Waals surface area contributed by atoms with Crippen LogP contribution in [0.3, 0.4) is 0 Å². The van der Waals surface area contributed by atoms with E-state index in [1.165, 1.54) is 7.11 Å². The number of aromatic nitrogens is 1. The number of hydrogen-bond acceptors (Lipinski definition) is 5. The van der Waals surface area contributed by atoms with E-state index in [1.54, 1.807) is 11.8 Å². The van der Waals surface area contributed by atoms with Gasteiger partial charge in [-0.05, 0) is 62.0 Å². The molecule has 3 unspecified atom stereocenters. The predicted molar refractivity (Wildman–Crippen MR) is 140 cm³/mol. The number of aromatic amines is 1. The fourth-order valence-corrected chi connectivity index (χ4v) is 7.23. The molecule has 1 aromatic carbocycles. The molecule has 2 heterocycles. The van der Waals surface area contributed by atoms with Gasteiger partial charge in [0.05, 0.1) is 7.11 Å². The lowest BCUT2D eigenvalue weighted by Gasteiger charge is -2.39. The van der Waals surface area contributed by atoms with Crippen molar-refractivity contribution in [2.24, 2.45) is 16.7 Å². The molecule has 3 aliphatic rings. The predicted octanol–water partition coefficient (Wildman–Crippen LogP) is 4.57. The van der Waals surface area contributed by atoms with E-state index in [9.17, 15) is 14.4 Å². The van der Waals surface area contributed by atoms with Crippen molar-refractivity contribution in [3.8, 4) is 0 Å². The minimum atomic E-state index is -1.31. The number of H-pyrrole nitrogens is 1. The standard InChI is InChI=1S/C29H39N3O5/c1-27(2)19-12-13-28(27,3)23(15-19)37-26(35)31-29(4,16-18-17-30-21-10-7-6-9-20(18)21)25(34)32-14-8-11-22(32)24(33)36-5/h6-7,9-10,17,19,22-23,30H,8,11-16H2,1-5H3,(H,31,35)/t19?,22-,23?,28?,29+/m0/s1. The van der Waals surface area contributed by atoms with Crippen molar-refractivity contribution in [2.75, 3.05) is 13.7 Å². The van der Waals surface area contributed by atoms with E-state index in [1.807, 2.05) is 30.5 Å². The number of carbonyl (C=O) groups excluding carboxylic acids is 3. The summed E-state index contributed by atoms with van der Waals surface area (Å²) in [5.41, 5.74) is 0.572. The lowest BCUT2D eigenvalue weighted by molar-refractivity contribution is -0.153. The van der Waals surface area contributed by atoms with E-state index in [0.717, 1.165) is 35.7 Å². The summed E-state index contributed by atoms with van der Waals surface area (Å²) >= 11 is 0. The van der Waals surface area contributed by atoms with Crippen LogP contribution in [0.25, 0.3) is 10.9 Å². The fourth-order valence-electron chi connectivity index (χ4n) is 7.23. The van der Waals surface area contributed by atoms with E-state index in [2.05, 4.69) is 31.1 Å². The van der Waals surface area contributed by atoms with Gasteiger partial charge >= 0.3 is 12.1 Å². The molecule has 0 spiro atoms. The van der Waals surface area contributed by atoms with Crippen LogP contribution < -0.4 is 5.32 Å². The number of hydrogen-bond donors (Lipinski definition) is 2. The molecule has 3 fully saturated rings. The fraction of sp³-hybridized carbons (Fsp3) is 0.621. The van der Waals surface area contributed by atoms with Crippen LogP contribution in [-0.2, 0) is 25.5 Å². The summed E-state index contributed by atoms with van der Waals surface area (Å²) in [6.07, 6.45) is 5.64. The van der Waals surface area contributed by atoms with Gasteiger partial charge in [-0.3, -0.25) is 4.79 Å². The van der Waals surface area contributed by atoms with Crippen molar-refractivity contribution in [3.05, 3.63) is 36.0 Å². The Morgan fingerprint density at radius 3 is 2.62 bits per heavy atom. The number of nitrogens with one attached hydrogen (secondary N) is 2. The van der Waals surface area contributed by atoms with Crippen molar-refractivity contribution >= 4 is 28.9 Å². The summed E-state index contributed by atoms with van der Waals surface area (Å²) in [6, 6.07) is 7.22. The van der Waals surface area contributed by atoms with E-state index in [0.29, 0.717) is 25.3 Å². The Morgan fingerprint density at radius 1 is 1.19 bits per heavy atom. The molecule has 2 aromatic rings. The summed E-state index contributed by atoms with van der Waals surface area (Å²) in [6.45, 7) is 8.94. The first-order valence-electron chi connectivity index (χ1n) is 13.4. The third-order valence-electron chi connectivity index (χ3n) is 10.0. The molecule has 8 nitrogen and oxygen atoms in total. The number of para-hydroxylation sites is 1. The number of alkyl carbamates (subject to hydrolysis) is 1. The van der Waals surface area contributed by atoms with Gasteiger partial charge in [0.25, 0.3) is 0 Å². The number of rotatable bonds is 6. The maximum Gasteiger partial charge on any atom is 0.408 e. The molecule has 2 bridgehead atoms. The van der Waals surface area contributed by atoms with Crippen molar-refractivity contribution in [3.63, 3.8) is 0 Å². The number of esters is 1. The number of likely N-dealkylation sites (tertiary alicyclic amines) is 1.